The molecular formula is C34H37N6O9P. The van der Waals surface area contributed by atoms with Crippen molar-refractivity contribution in [2.45, 2.75) is 50.5 Å². The predicted molar refractivity (Wildman–Crippen MR) is 179 cm³/mol. The number of carbonyl (C=O) groups is 4. The standard InChI is InChI=1S/C34H37N6O9P/c1-20-2-7-29-26(14-20)30(37-49-29)34(44)39-9-8-25-5-6-28(33(43)38-10-12-48-13-11-38)40(25)32(42)27(18-39)36-31(41)21-3-4-22-17-35-24(16-23(22)15-21)19-50(45,46)47/h2-4,7,14-17,25,27-28H,5-6,8-13,18-19H2,1H3,(H,36,41)(H2,45,46,47)/t25-,27+,28+/m1/s1. The third kappa shape index (κ3) is 6.86. The average molecular weight is 705 g/mol. The zero-order chi connectivity index (χ0) is 35.2. The molecule has 15 nitrogen and oxygen atoms in total. The lowest BCUT2D eigenvalue weighted by Crippen LogP contribution is -2.61. The molecule has 4 aromatic rings. The SMILES string of the molecule is Cc1ccc2onc(C(=O)N3CC[C@H]4CC[C@@H](C(=O)N5CCOCC5)N4C(=O)[C@@H](NC(=O)c4ccc5cnc(CP(=O)(O)O)cc5c4)C3)c2c1. The molecule has 0 unspecified atom stereocenters. The quantitative estimate of drug-likeness (QED) is 0.249. The Morgan fingerprint density at radius 2 is 1.78 bits per heavy atom. The first kappa shape index (κ1) is 33.8. The highest BCUT2D eigenvalue weighted by atomic mass is 31.2. The molecule has 4 amide bonds. The normalized spacial score (nSPS) is 21.6. The molecule has 2 aromatic carbocycles. The summed E-state index contributed by atoms with van der Waals surface area (Å²) in [6.07, 6.45) is 2.38. The van der Waals surface area contributed by atoms with Crippen LogP contribution in [0, 0.1) is 6.92 Å². The summed E-state index contributed by atoms with van der Waals surface area (Å²) in [5, 5.41) is 8.64. The van der Waals surface area contributed by atoms with Crippen LogP contribution in [-0.2, 0) is 25.1 Å². The van der Waals surface area contributed by atoms with Gasteiger partial charge in [-0.1, -0.05) is 22.9 Å². The van der Waals surface area contributed by atoms with Crippen molar-refractivity contribution >= 4 is 53.0 Å². The number of nitrogens with one attached hydrogen (secondary N) is 1. The van der Waals surface area contributed by atoms with E-state index in [4.69, 9.17) is 9.26 Å². The van der Waals surface area contributed by atoms with Crippen LogP contribution in [0.25, 0.3) is 21.7 Å². The second kappa shape index (κ2) is 13.6. The van der Waals surface area contributed by atoms with Gasteiger partial charge >= 0.3 is 7.60 Å². The number of hydrogen-bond donors (Lipinski definition) is 3. The predicted octanol–water partition coefficient (Wildman–Crippen LogP) is 2.23. The fraction of sp³-hybridized carbons (Fsp3) is 0.412. The zero-order valence-corrected chi connectivity index (χ0v) is 28.3. The van der Waals surface area contributed by atoms with Gasteiger partial charge < -0.3 is 39.1 Å². The van der Waals surface area contributed by atoms with Gasteiger partial charge in [-0.25, -0.2) is 0 Å². The van der Waals surface area contributed by atoms with Crippen molar-refractivity contribution in [1.29, 1.82) is 0 Å². The maximum absolute atomic E-state index is 14.5. The fourth-order valence-corrected chi connectivity index (χ4v) is 7.72. The van der Waals surface area contributed by atoms with Crippen molar-refractivity contribution < 1.29 is 42.8 Å². The number of ether oxygens (including phenoxy) is 1. The lowest BCUT2D eigenvalue weighted by atomic mass is 10.0. The largest absolute Gasteiger partial charge is 0.378 e. The zero-order valence-electron chi connectivity index (χ0n) is 27.4. The number of carbonyl (C=O) groups excluding carboxylic acids is 4. The van der Waals surface area contributed by atoms with E-state index in [2.05, 4.69) is 15.5 Å². The second-order valence-corrected chi connectivity index (χ2v) is 14.7. The van der Waals surface area contributed by atoms with Crippen molar-refractivity contribution in [3.63, 3.8) is 0 Å². The van der Waals surface area contributed by atoms with Crippen LogP contribution < -0.4 is 5.32 Å². The summed E-state index contributed by atoms with van der Waals surface area (Å²) in [6.45, 7) is 3.69. The maximum atomic E-state index is 14.5. The molecule has 0 spiro atoms. The fourth-order valence-electron chi connectivity index (χ4n) is 7.13. The number of aryl methyl sites for hydroxylation is 1. The molecule has 0 saturated carbocycles. The van der Waals surface area contributed by atoms with Crippen molar-refractivity contribution in [2.75, 3.05) is 39.4 Å². The summed E-state index contributed by atoms with van der Waals surface area (Å²) in [7, 11) is -4.37. The van der Waals surface area contributed by atoms with Crippen LogP contribution in [0.3, 0.4) is 0 Å². The summed E-state index contributed by atoms with van der Waals surface area (Å²) in [6, 6.07) is 9.45. The molecule has 0 bridgehead atoms. The van der Waals surface area contributed by atoms with Crippen molar-refractivity contribution in [1.82, 2.24) is 30.2 Å². The Morgan fingerprint density at radius 1 is 0.980 bits per heavy atom. The minimum atomic E-state index is -4.37. The Balaban J connectivity index is 1.20. The molecule has 5 heterocycles. The topological polar surface area (TPSA) is 196 Å². The molecule has 7 rings (SSSR count). The smallest absolute Gasteiger partial charge is 0.331 e. The van der Waals surface area contributed by atoms with E-state index in [9.17, 15) is 33.5 Å². The first-order valence-electron chi connectivity index (χ1n) is 16.5. The second-order valence-electron chi connectivity index (χ2n) is 13.1. The highest BCUT2D eigenvalue weighted by Crippen LogP contribution is 2.39. The molecule has 3 saturated heterocycles. The summed E-state index contributed by atoms with van der Waals surface area (Å²) in [5.74, 6) is -1.65. The van der Waals surface area contributed by atoms with Crippen LogP contribution in [0.4, 0.5) is 0 Å². The molecular weight excluding hydrogens is 667 g/mol. The Morgan fingerprint density at radius 3 is 2.56 bits per heavy atom. The third-order valence-corrected chi connectivity index (χ3v) is 10.4. The molecule has 3 N–H and O–H groups in total. The molecule has 16 heteroatoms. The van der Waals surface area contributed by atoms with Gasteiger partial charge in [-0.05, 0) is 61.9 Å². The molecule has 0 radical (unpaired) electrons. The first-order chi connectivity index (χ1) is 23.9. The molecule has 3 fully saturated rings. The van der Waals surface area contributed by atoms with Gasteiger partial charge in [0.05, 0.1) is 37.0 Å². The lowest BCUT2D eigenvalue weighted by molar-refractivity contribution is -0.149. The highest BCUT2D eigenvalue weighted by Gasteiger charge is 2.47. The van der Waals surface area contributed by atoms with Crippen molar-refractivity contribution in [2.24, 2.45) is 0 Å². The number of hydrogen-bond acceptors (Lipinski definition) is 9. The van der Waals surface area contributed by atoms with Crippen molar-refractivity contribution in [3.05, 3.63) is 71.2 Å². The Kier molecular flexibility index (Phi) is 9.16. The maximum Gasteiger partial charge on any atom is 0.331 e. The van der Waals surface area contributed by atoms with Gasteiger partial charge in [0.2, 0.25) is 11.8 Å². The number of rotatable bonds is 6. The third-order valence-electron chi connectivity index (χ3n) is 9.63. The van der Waals surface area contributed by atoms with Gasteiger partial charge in [-0.15, -0.1) is 0 Å². The molecule has 3 atom stereocenters. The number of nitrogens with zero attached hydrogens (tertiary/aromatic N) is 5. The molecule has 3 aliphatic rings. The molecule has 3 aliphatic heterocycles. The lowest BCUT2D eigenvalue weighted by Gasteiger charge is -2.40. The highest BCUT2D eigenvalue weighted by molar-refractivity contribution is 7.50. The van der Waals surface area contributed by atoms with E-state index < -0.39 is 43.6 Å². The van der Waals surface area contributed by atoms with E-state index in [1.54, 1.807) is 34.1 Å². The Hall–Kier alpha value is -4.69. The molecule has 50 heavy (non-hydrogen) atoms. The van der Waals surface area contributed by atoms with Gasteiger partial charge in [0.25, 0.3) is 11.8 Å². The summed E-state index contributed by atoms with van der Waals surface area (Å²) >= 11 is 0. The monoisotopic (exact) mass is 704 g/mol. The van der Waals surface area contributed by atoms with Gasteiger partial charge in [-0.3, -0.25) is 28.7 Å². The number of pyridine rings is 1. The van der Waals surface area contributed by atoms with Gasteiger partial charge in [0.1, 0.15) is 12.1 Å². The summed E-state index contributed by atoms with van der Waals surface area (Å²) in [4.78, 5) is 83.9. The van der Waals surface area contributed by atoms with Gasteiger partial charge in [0, 0.05) is 42.8 Å². The van der Waals surface area contributed by atoms with Crippen molar-refractivity contribution in [3.8, 4) is 0 Å². The van der Waals surface area contributed by atoms with Crippen LogP contribution in [0.15, 0.2) is 53.2 Å². The summed E-state index contributed by atoms with van der Waals surface area (Å²) < 4.78 is 22.4. The Labute approximate surface area is 286 Å². The van der Waals surface area contributed by atoms with E-state index in [-0.39, 0.29) is 42.0 Å². The van der Waals surface area contributed by atoms with Crippen LogP contribution in [0.5, 0.6) is 0 Å². The van der Waals surface area contributed by atoms with Crippen LogP contribution in [0.1, 0.15) is 51.4 Å². The number of fused-ring (bicyclic) bond motifs is 3. The minimum absolute atomic E-state index is 0.111. The van der Waals surface area contributed by atoms with E-state index in [1.807, 2.05) is 19.1 Å². The molecule has 262 valence electrons. The van der Waals surface area contributed by atoms with E-state index >= 15 is 0 Å². The van der Waals surface area contributed by atoms with E-state index in [1.165, 1.54) is 17.2 Å². The number of morpholine rings is 1. The first-order valence-corrected chi connectivity index (χ1v) is 18.3. The van der Waals surface area contributed by atoms with Gasteiger partial charge in [0.15, 0.2) is 11.3 Å². The van der Waals surface area contributed by atoms with Crippen LogP contribution in [0.2, 0.25) is 0 Å². The van der Waals surface area contributed by atoms with E-state index in [0.29, 0.717) is 67.3 Å². The minimum Gasteiger partial charge on any atom is -0.378 e. The Bertz CT molecular complexity index is 2040. The number of amides is 4. The molecule has 2 aromatic heterocycles. The average Bonchev–Trinajstić information content (AvgIpc) is 3.71. The van der Waals surface area contributed by atoms with Crippen LogP contribution in [-0.4, -0.2) is 116 Å². The van der Waals surface area contributed by atoms with E-state index in [0.717, 1.165) is 5.56 Å². The van der Waals surface area contributed by atoms with Crippen LogP contribution >= 0.6 is 7.60 Å². The van der Waals surface area contributed by atoms with Gasteiger partial charge in [-0.2, -0.15) is 0 Å². The summed E-state index contributed by atoms with van der Waals surface area (Å²) in [5.41, 5.74) is 1.84. The molecule has 0 aliphatic carbocycles. The number of benzene rings is 2. The number of aromatic nitrogens is 2.